The first-order valence-corrected chi connectivity index (χ1v) is 5.11. The molecule has 1 atom stereocenters. The summed E-state index contributed by atoms with van der Waals surface area (Å²) in [6, 6.07) is 10.7. The molecule has 0 aliphatic heterocycles. The molecule has 0 amide bonds. The van der Waals surface area contributed by atoms with E-state index in [0.29, 0.717) is 10.8 Å². The lowest BCUT2D eigenvalue weighted by molar-refractivity contribution is -0.206. The van der Waals surface area contributed by atoms with E-state index in [0.717, 1.165) is 6.07 Å². The zero-order valence-corrected chi connectivity index (χ0v) is 9.07. The Morgan fingerprint density at radius 2 is 1.83 bits per heavy atom. The zero-order chi connectivity index (χ0) is 13.3. The highest BCUT2D eigenvalue weighted by Gasteiger charge is 2.40. The molecule has 2 nitrogen and oxygen atoms in total. The Bertz CT molecular complexity index is 628. The maximum Gasteiger partial charge on any atom is 0.418 e. The van der Waals surface area contributed by atoms with Crippen molar-refractivity contribution in [3.8, 4) is 6.07 Å². The molecule has 2 aromatic rings. The molecular formula is C13H8F3NO. The lowest BCUT2D eigenvalue weighted by Gasteiger charge is -2.17. The molecular weight excluding hydrogens is 243 g/mol. The summed E-state index contributed by atoms with van der Waals surface area (Å²) in [4.78, 5) is 0. The van der Waals surface area contributed by atoms with E-state index in [1.165, 1.54) is 12.1 Å². The maximum absolute atomic E-state index is 12.6. The molecule has 0 saturated carbocycles. The van der Waals surface area contributed by atoms with Crippen molar-refractivity contribution < 1.29 is 18.3 Å². The molecule has 1 unspecified atom stereocenters. The van der Waals surface area contributed by atoms with E-state index in [9.17, 15) is 18.3 Å². The molecule has 0 heterocycles. The number of hydrogen-bond acceptors (Lipinski definition) is 2. The van der Waals surface area contributed by atoms with Crippen LogP contribution in [0.15, 0.2) is 36.4 Å². The van der Waals surface area contributed by atoms with Gasteiger partial charge in [-0.2, -0.15) is 18.4 Å². The van der Waals surface area contributed by atoms with E-state index >= 15 is 0 Å². The monoisotopic (exact) mass is 251 g/mol. The fourth-order valence-corrected chi connectivity index (χ4v) is 1.81. The minimum atomic E-state index is -4.75. The average molecular weight is 251 g/mol. The number of nitrogens with zero attached hydrogens (tertiary/aromatic N) is 1. The van der Waals surface area contributed by atoms with Crippen LogP contribution in [0.3, 0.4) is 0 Å². The molecule has 0 aromatic heterocycles. The Labute approximate surface area is 101 Å². The van der Waals surface area contributed by atoms with Crippen molar-refractivity contribution in [1.29, 1.82) is 5.26 Å². The van der Waals surface area contributed by atoms with Crippen LogP contribution < -0.4 is 0 Å². The molecule has 0 radical (unpaired) electrons. The van der Waals surface area contributed by atoms with E-state index in [2.05, 4.69) is 0 Å². The van der Waals surface area contributed by atoms with Crippen LogP contribution in [-0.2, 0) is 0 Å². The lowest BCUT2D eigenvalue weighted by atomic mass is 9.97. The van der Waals surface area contributed by atoms with Gasteiger partial charge in [-0.1, -0.05) is 24.3 Å². The van der Waals surface area contributed by atoms with Gasteiger partial charge in [0.05, 0.1) is 11.6 Å². The number of rotatable bonds is 1. The van der Waals surface area contributed by atoms with Crippen molar-refractivity contribution in [1.82, 2.24) is 0 Å². The SMILES string of the molecule is N#Cc1cc(C(O)C(F)(F)F)c2ccccc2c1. The van der Waals surface area contributed by atoms with Gasteiger partial charge in [0.25, 0.3) is 0 Å². The highest BCUT2D eigenvalue weighted by atomic mass is 19.4. The zero-order valence-electron chi connectivity index (χ0n) is 9.07. The summed E-state index contributed by atoms with van der Waals surface area (Å²) < 4.78 is 37.7. The molecule has 0 aliphatic carbocycles. The Morgan fingerprint density at radius 3 is 2.44 bits per heavy atom. The van der Waals surface area contributed by atoms with Crippen LogP contribution in [0, 0.1) is 11.3 Å². The van der Waals surface area contributed by atoms with Gasteiger partial charge in [0.2, 0.25) is 0 Å². The third kappa shape index (κ3) is 2.15. The van der Waals surface area contributed by atoms with Gasteiger partial charge in [0, 0.05) is 0 Å². The van der Waals surface area contributed by atoms with E-state index in [1.807, 2.05) is 0 Å². The molecule has 0 saturated heterocycles. The number of hydrogen-bond donors (Lipinski definition) is 1. The lowest BCUT2D eigenvalue weighted by Crippen LogP contribution is -2.20. The number of nitriles is 1. The highest BCUT2D eigenvalue weighted by Crippen LogP contribution is 2.36. The van der Waals surface area contributed by atoms with Crippen LogP contribution in [0.4, 0.5) is 13.2 Å². The van der Waals surface area contributed by atoms with Gasteiger partial charge in [-0.15, -0.1) is 0 Å². The molecule has 2 aromatic carbocycles. The largest absolute Gasteiger partial charge is 0.418 e. The van der Waals surface area contributed by atoms with Crippen LogP contribution in [0.2, 0.25) is 0 Å². The minimum absolute atomic E-state index is 0.0898. The third-order valence-electron chi connectivity index (χ3n) is 2.63. The summed E-state index contributed by atoms with van der Waals surface area (Å²) >= 11 is 0. The second-order valence-corrected chi connectivity index (χ2v) is 3.84. The van der Waals surface area contributed by atoms with Crippen molar-refractivity contribution in [3.05, 3.63) is 47.5 Å². The van der Waals surface area contributed by atoms with Gasteiger partial charge in [0.1, 0.15) is 0 Å². The average Bonchev–Trinajstić information content (AvgIpc) is 2.35. The van der Waals surface area contributed by atoms with E-state index in [1.54, 1.807) is 24.3 Å². The Balaban J connectivity index is 2.73. The summed E-state index contributed by atoms with van der Waals surface area (Å²) in [5.74, 6) is 0. The second kappa shape index (κ2) is 4.31. The quantitative estimate of drug-likeness (QED) is 0.845. The van der Waals surface area contributed by atoms with Crippen molar-refractivity contribution in [3.63, 3.8) is 0 Å². The second-order valence-electron chi connectivity index (χ2n) is 3.84. The number of alkyl halides is 3. The van der Waals surface area contributed by atoms with E-state index in [-0.39, 0.29) is 11.1 Å². The van der Waals surface area contributed by atoms with Crippen LogP contribution in [-0.4, -0.2) is 11.3 Å². The van der Waals surface area contributed by atoms with Gasteiger partial charge < -0.3 is 5.11 Å². The van der Waals surface area contributed by atoms with Crippen molar-refractivity contribution in [2.75, 3.05) is 0 Å². The van der Waals surface area contributed by atoms with Gasteiger partial charge in [-0.3, -0.25) is 0 Å². The molecule has 18 heavy (non-hydrogen) atoms. The number of aliphatic hydroxyl groups excluding tert-OH is 1. The molecule has 0 fully saturated rings. The summed E-state index contributed by atoms with van der Waals surface area (Å²) in [5, 5.41) is 18.9. The minimum Gasteiger partial charge on any atom is -0.379 e. The van der Waals surface area contributed by atoms with E-state index < -0.39 is 12.3 Å². The molecule has 0 spiro atoms. The molecule has 2 rings (SSSR count). The Morgan fingerprint density at radius 1 is 1.17 bits per heavy atom. The Kier molecular flexibility index (Phi) is 2.97. The summed E-state index contributed by atoms with van der Waals surface area (Å²) in [7, 11) is 0. The summed E-state index contributed by atoms with van der Waals surface area (Å²) in [6.07, 6.45) is -7.34. The predicted molar refractivity (Wildman–Crippen MR) is 59.7 cm³/mol. The molecule has 0 bridgehead atoms. The molecule has 1 N–H and O–H groups in total. The number of fused-ring (bicyclic) bond motifs is 1. The first kappa shape index (κ1) is 12.4. The number of aliphatic hydroxyl groups is 1. The van der Waals surface area contributed by atoms with Gasteiger partial charge in [0.15, 0.2) is 6.10 Å². The van der Waals surface area contributed by atoms with Gasteiger partial charge >= 0.3 is 6.18 Å². The summed E-state index contributed by atoms with van der Waals surface area (Å²) in [5.41, 5.74) is -0.204. The van der Waals surface area contributed by atoms with Crippen molar-refractivity contribution >= 4 is 10.8 Å². The number of halogens is 3. The van der Waals surface area contributed by atoms with Gasteiger partial charge in [-0.25, -0.2) is 0 Å². The first-order valence-electron chi connectivity index (χ1n) is 5.11. The topological polar surface area (TPSA) is 44.0 Å². The maximum atomic E-state index is 12.6. The van der Waals surface area contributed by atoms with Crippen LogP contribution in [0.1, 0.15) is 17.2 Å². The normalized spacial score (nSPS) is 13.3. The number of benzene rings is 2. The van der Waals surface area contributed by atoms with Crippen LogP contribution in [0.25, 0.3) is 10.8 Å². The fourth-order valence-electron chi connectivity index (χ4n) is 1.81. The molecule has 92 valence electrons. The first-order chi connectivity index (χ1) is 8.43. The van der Waals surface area contributed by atoms with Crippen molar-refractivity contribution in [2.45, 2.75) is 12.3 Å². The van der Waals surface area contributed by atoms with Crippen LogP contribution >= 0.6 is 0 Å². The predicted octanol–water partition coefficient (Wildman–Crippen LogP) is 3.31. The van der Waals surface area contributed by atoms with E-state index in [4.69, 9.17) is 5.26 Å². The highest BCUT2D eigenvalue weighted by molar-refractivity contribution is 5.87. The summed E-state index contributed by atoms with van der Waals surface area (Å²) in [6.45, 7) is 0. The van der Waals surface area contributed by atoms with Crippen LogP contribution in [0.5, 0.6) is 0 Å². The molecule has 0 aliphatic rings. The Hall–Kier alpha value is -2.06. The fraction of sp³-hybridized carbons (Fsp3) is 0.154. The molecule has 5 heteroatoms. The van der Waals surface area contributed by atoms with Gasteiger partial charge in [-0.05, 0) is 28.5 Å². The standard InChI is InChI=1S/C13H8F3NO/c14-13(15,16)12(18)11-6-8(7-17)5-9-3-1-2-4-10(9)11/h1-6,12,18H. The smallest absolute Gasteiger partial charge is 0.379 e. The van der Waals surface area contributed by atoms with Crippen molar-refractivity contribution in [2.24, 2.45) is 0 Å². The third-order valence-corrected chi connectivity index (χ3v) is 2.63.